The zero-order valence-electron chi connectivity index (χ0n) is 16.1. The third-order valence-electron chi connectivity index (χ3n) is 5.36. The molecule has 3 rings (SSSR count). The summed E-state index contributed by atoms with van der Waals surface area (Å²) < 4.78 is 2.07. The summed E-state index contributed by atoms with van der Waals surface area (Å²) in [5.41, 5.74) is 6.94. The number of fused-ring (bicyclic) bond motifs is 1. The van der Waals surface area contributed by atoms with Crippen molar-refractivity contribution in [1.82, 2.24) is 19.8 Å². The lowest BCUT2D eigenvalue weighted by molar-refractivity contribution is -0.132. The van der Waals surface area contributed by atoms with Gasteiger partial charge in [0.05, 0.1) is 17.8 Å². The van der Waals surface area contributed by atoms with Crippen molar-refractivity contribution in [3.05, 3.63) is 30.7 Å². The minimum atomic E-state index is -0.476. The fourth-order valence-corrected chi connectivity index (χ4v) is 3.47. The minimum absolute atomic E-state index is 0.0946. The number of nitrogens with one attached hydrogen (secondary N) is 1. The number of pyridine rings is 1. The number of aromatic nitrogens is 2. The number of hydrogen-bond acceptors (Lipinski definition) is 4. The van der Waals surface area contributed by atoms with Crippen LogP contribution in [0.15, 0.2) is 30.7 Å². The second-order valence-corrected chi connectivity index (χ2v) is 7.63. The van der Waals surface area contributed by atoms with E-state index in [1.165, 1.54) is 0 Å². The Morgan fingerprint density at radius 2 is 2.04 bits per heavy atom. The molecule has 146 valence electrons. The summed E-state index contributed by atoms with van der Waals surface area (Å²) in [6.07, 6.45) is 7.62. The number of aryl methyl sites for hydroxylation is 1. The van der Waals surface area contributed by atoms with Gasteiger partial charge in [0, 0.05) is 49.9 Å². The standard InChI is InChI=1S/C20H29N5O2/c1-14(2)19(21)20(27)23-16-5-10-25(11-6-16)18(26)7-12-24-9-4-15-3-8-22-13-17(15)24/h3-4,8-9,13-14,16,19H,5-7,10-12,21H2,1-2H3,(H,23,27)/t19-/m1/s1. The van der Waals surface area contributed by atoms with Crippen LogP contribution in [-0.2, 0) is 16.1 Å². The van der Waals surface area contributed by atoms with Crippen molar-refractivity contribution in [2.75, 3.05) is 13.1 Å². The summed E-state index contributed by atoms with van der Waals surface area (Å²) in [6.45, 7) is 5.88. The first kappa shape index (κ1) is 19.4. The number of amides is 2. The van der Waals surface area contributed by atoms with E-state index in [-0.39, 0.29) is 23.8 Å². The highest BCUT2D eigenvalue weighted by Gasteiger charge is 2.26. The first-order valence-electron chi connectivity index (χ1n) is 9.68. The Labute approximate surface area is 159 Å². The normalized spacial score (nSPS) is 16.7. The third-order valence-corrected chi connectivity index (χ3v) is 5.36. The van der Waals surface area contributed by atoms with E-state index in [9.17, 15) is 9.59 Å². The molecule has 2 amide bonds. The summed E-state index contributed by atoms with van der Waals surface area (Å²) in [7, 11) is 0. The maximum absolute atomic E-state index is 12.5. The van der Waals surface area contributed by atoms with Gasteiger partial charge in [-0.2, -0.15) is 0 Å². The van der Waals surface area contributed by atoms with Gasteiger partial charge < -0.3 is 20.5 Å². The van der Waals surface area contributed by atoms with Gasteiger partial charge >= 0.3 is 0 Å². The molecule has 0 unspecified atom stereocenters. The van der Waals surface area contributed by atoms with Gasteiger partial charge in [-0.3, -0.25) is 14.6 Å². The minimum Gasteiger partial charge on any atom is -0.352 e. The molecule has 1 aliphatic rings. The van der Waals surface area contributed by atoms with Crippen LogP contribution in [0.2, 0.25) is 0 Å². The summed E-state index contributed by atoms with van der Waals surface area (Å²) in [4.78, 5) is 30.7. The number of nitrogens with two attached hydrogens (primary N) is 1. The van der Waals surface area contributed by atoms with Crippen molar-refractivity contribution in [3.8, 4) is 0 Å². The van der Waals surface area contributed by atoms with Gasteiger partial charge in [0.25, 0.3) is 0 Å². The lowest BCUT2D eigenvalue weighted by atomic mass is 10.0. The van der Waals surface area contributed by atoms with Crippen LogP contribution in [0.4, 0.5) is 0 Å². The van der Waals surface area contributed by atoms with E-state index < -0.39 is 6.04 Å². The first-order chi connectivity index (χ1) is 13.0. The highest BCUT2D eigenvalue weighted by atomic mass is 16.2. The molecule has 1 atom stereocenters. The average Bonchev–Trinajstić information content (AvgIpc) is 3.09. The molecule has 1 aliphatic heterocycles. The van der Waals surface area contributed by atoms with Gasteiger partial charge in [-0.25, -0.2) is 0 Å². The molecule has 0 aliphatic carbocycles. The smallest absolute Gasteiger partial charge is 0.237 e. The maximum Gasteiger partial charge on any atom is 0.237 e. The molecule has 1 saturated heterocycles. The number of likely N-dealkylation sites (tertiary alicyclic amines) is 1. The number of nitrogens with zero attached hydrogens (tertiary/aromatic N) is 3. The van der Waals surface area contributed by atoms with Crippen molar-refractivity contribution in [3.63, 3.8) is 0 Å². The predicted octanol–water partition coefficient (Wildman–Crippen LogP) is 1.52. The molecule has 2 aromatic heterocycles. The molecule has 3 N–H and O–H groups in total. The molecule has 3 heterocycles. The van der Waals surface area contributed by atoms with Crippen LogP contribution in [0.25, 0.3) is 10.9 Å². The Kier molecular flexibility index (Phi) is 6.11. The molecule has 0 spiro atoms. The fraction of sp³-hybridized carbons (Fsp3) is 0.550. The van der Waals surface area contributed by atoms with Gasteiger partial charge in [-0.1, -0.05) is 13.8 Å². The molecule has 27 heavy (non-hydrogen) atoms. The molecule has 7 nitrogen and oxygen atoms in total. The van der Waals surface area contributed by atoms with Crippen LogP contribution >= 0.6 is 0 Å². The van der Waals surface area contributed by atoms with Gasteiger partial charge in [0.1, 0.15) is 0 Å². The molecule has 0 radical (unpaired) electrons. The Balaban J connectivity index is 1.45. The maximum atomic E-state index is 12.5. The van der Waals surface area contributed by atoms with Gasteiger partial charge in [0.15, 0.2) is 0 Å². The number of carbonyl (C=O) groups excluding carboxylic acids is 2. The Morgan fingerprint density at radius 1 is 1.30 bits per heavy atom. The van der Waals surface area contributed by atoms with E-state index in [0.717, 1.165) is 23.7 Å². The lowest BCUT2D eigenvalue weighted by Gasteiger charge is -2.33. The van der Waals surface area contributed by atoms with Gasteiger partial charge in [-0.05, 0) is 30.9 Å². The van der Waals surface area contributed by atoms with Crippen LogP contribution < -0.4 is 11.1 Å². The highest BCUT2D eigenvalue weighted by molar-refractivity contribution is 5.82. The molecule has 1 fully saturated rings. The Bertz CT molecular complexity index is 793. The predicted molar refractivity (Wildman–Crippen MR) is 105 cm³/mol. The molecule has 0 aromatic carbocycles. The number of rotatable bonds is 6. The zero-order valence-corrected chi connectivity index (χ0v) is 16.1. The zero-order chi connectivity index (χ0) is 19.4. The van der Waals surface area contributed by atoms with Crippen LogP contribution in [0.3, 0.4) is 0 Å². The van der Waals surface area contributed by atoms with E-state index in [1.807, 2.05) is 43.3 Å². The number of piperidine rings is 1. The second-order valence-electron chi connectivity index (χ2n) is 7.63. The second kappa shape index (κ2) is 8.52. The molecule has 2 aromatic rings. The molecule has 7 heteroatoms. The first-order valence-corrected chi connectivity index (χ1v) is 9.68. The fourth-order valence-electron chi connectivity index (χ4n) is 3.47. The van der Waals surface area contributed by atoms with Crippen molar-refractivity contribution < 1.29 is 9.59 Å². The monoisotopic (exact) mass is 371 g/mol. The molecule has 0 saturated carbocycles. The molecule has 0 bridgehead atoms. The number of carbonyl (C=O) groups is 2. The van der Waals surface area contributed by atoms with Crippen LogP contribution in [0, 0.1) is 5.92 Å². The van der Waals surface area contributed by atoms with Crippen molar-refractivity contribution in [2.45, 2.75) is 51.7 Å². The summed E-state index contributed by atoms with van der Waals surface area (Å²) in [6, 6.07) is 3.64. The lowest BCUT2D eigenvalue weighted by Crippen LogP contribution is -2.51. The van der Waals surface area contributed by atoms with Crippen LogP contribution in [-0.4, -0.2) is 51.4 Å². The summed E-state index contributed by atoms with van der Waals surface area (Å²) in [5, 5.41) is 4.15. The van der Waals surface area contributed by atoms with Crippen LogP contribution in [0.1, 0.15) is 33.1 Å². The van der Waals surface area contributed by atoms with E-state index >= 15 is 0 Å². The summed E-state index contributed by atoms with van der Waals surface area (Å²) >= 11 is 0. The van der Waals surface area contributed by atoms with E-state index in [1.54, 1.807) is 6.20 Å². The topological polar surface area (TPSA) is 93.3 Å². The van der Waals surface area contributed by atoms with Crippen LogP contribution in [0.5, 0.6) is 0 Å². The van der Waals surface area contributed by atoms with Crippen molar-refractivity contribution in [1.29, 1.82) is 0 Å². The SMILES string of the molecule is CC(C)[C@@H](N)C(=O)NC1CCN(C(=O)CCn2ccc3ccncc32)CC1. The van der Waals surface area contributed by atoms with Crippen molar-refractivity contribution >= 4 is 22.7 Å². The van der Waals surface area contributed by atoms with E-state index in [2.05, 4.69) is 14.9 Å². The van der Waals surface area contributed by atoms with Gasteiger partial charge in [0.2, 0.25) is 11.8 Å². The molecular formula is C20H29N5O2. The van der Waals surface area contributed by atoms with E-state index in [0.29, 0.717) is 26.1 Å². The Hall–Kier alpha value is -2.41. The van der Waals surface area contributed by atoms with E-state index in [4.69, 9.17) is 5.73 Å². The largest absolute Gasteiger partial charge is 0.352 e. The quantitative estimate of drug-likeness (QED) is 0.805. The Morgan fingerprint density at radius 3 is 2.74 bits per heavy atom. The van der Waals surface area contributed by atoms with Crippen molar-refractivity contribution in [2.24, 2.45) is 11.7 Å². The summed E-state index contributed by atoms with van der Waals surface area (Å²) in [5.74, 6) is 0.180. The number of hydrogen-bond donors (Lipinski definition) is 2. The third kappa shape index (κ3) is 4.66. The highest BCUT2D eigenvalue weighted by Crippen LogP contribution is 2.16. The van der Waals surface area contributed by atoms with Gasteiger partial charge in [-0.15, -0.1) is 0 Å². The molecular weight excluding hydrogens is 342 g/mol. The average molecular weight is 371 g/mol.